The summed E-state index contributed by atoms with van der Waals surface area (Å²) < 4.78 is 4.49. The number of esters is 1. The fourth-order valence-corrected chi connectivity index (χ4v) is 1.53. The van der Waals surface area contributed by atoms with Gasteiger partial charge in [0.2, 0.25) is 0 Å². The molecule has 6 nitrogen and oxygen atoms in total. The minimum absolute atomic E-state index is 0.120. The smallest absolute Gasteiger partial charge is 0.323 e. The summed E-state index contributed by atoms with van der Waals surface area (Å²) in [5.74, 6) is -0.394. The van der Waals surface area contributed by atoms with Gasteiger partial charge in [-0.15, -0.1) is 0 Å². The maximum absolute atomic E-state index is 11.7. The van der Waals surface area contributed by atoms with Gasteiger partial charge in [-0.25, -0.2) is 4.79 Å². The highest BCUT2D eigenvalue weighted by atomic mass is 16.5. The first kappa shape index (κ1) is 13.2. The molecule has 0 atom stereocenters. The number of H-pyrrole nitrogens is 2. The van der Waals surface area contributed by atoms with Crippen LogP contribution in [0.5, 0.6) is 0 Å². The number of hydrogen-bond acceptors (Lipinski definition) is 4. The molecule has 0 bridgehead atoms. The number of aryl methyl sites for hydroxylation is 1. The number of ether oxygens (including phenoxy) is 1. The van der Waals surface area contributed by atoms with Crippen LogP contribution in [-0.4, -0.2) is 28.8 Å². The van der Waals surface area contributed by atoms with Gasteiger partial charge in [-0.1, -0.05) is 0 Å². The number of ketones is 1. The van der Waals surface area contributed by atoms with E-state index in [-0.39, 0.29) is 17.4 Å². The Kier molecular flexibility index (Phi) is 4.68. The molecule has 0 amide bonds. The van der Waals surface area contributed by atoms with Crippen molar-refractivity contribution in [3.8, 4) is 0 Å². The van der Waals surface area contributed by atoms with Crippen LogP contribution in [0.4, 0.5) is 0 Å². The lowest BCUT2D eigenvalue weighted by Gasteiger charge is -2.00. The normalized spacial score (nSPS) is 10.2. The molecule has 0 saturated carbocycles. The number of rotatable bonds is 6. The molecule has 0 radical (unpaired) electrons. The zero-order valence-electron chi connectivity index (χ0n) is 9.96. The first-order chi connectivity index (χ1) is 8.04. The topological polar surface area (TPSA) is 92.0 Å². The van der Waals surface area contributed by atoms with Crippen molar-refractivity contribution in [3.05, 3.63) is 21.9 Å². The minimum atomic E-state index is -0.375. The van der Waals surface area contributed by atoms with Crippen LogP contribution in [-0.2, 0) is 9.53 Å². The van der Waals surface area contributed by atoms with Crippen LogP contribution >= 0.6 is 0 Å². The summed E-state index contributed by atoms with van der Waals surface area (Å²) in [6.45, 7) is 1.67. The highest BCUT2D eigenvalue weighted by Crippen LogP contribution is 2.08. The Bertz CT molecular complexity index is 458. The zero-order valence-corrected chi connectivity index (χ0v) is 9.96. The molecule has 0 fully saturated rings. The average Bonchev–Trinajstić information content (AvgIpc) is 2.63. The number of Topliss-reactive ketones (excluding diaryl/α,β-unsaturated/α-hetero) is 1. The fraction of sp³-hybridized carbons (Fsp3) is 0.545. The van der Waals surface area contributed by atoms with Crippen LogP contribution in [0, 0.1) is 6.92 Å². The van der Waals surface area contributed by atoms with Crippen molar-refractivity contribution in [3.63, 3.8) is 0 Å². The van der Waals surface area contributed by atoms with Crippen molar-refractivity contribution in [1.82, 2.24) is 9.97 Å². The molecule has 0 unspecified atom stereocenters. The Morgan fingerprint density at radius 2 is 1.82 bits per heavy atom. The standard InChI is InChI=1S/C11H16N2O4/c1-7-10(13-11(16)12-7)8(14)5-3-4-6-9(15)17-2/h3-6H2,1-2H3,(H2,12,13,16). The minimum Gasteiger partial charge on any atom is -0.469 e. The molecule has 0 aromatic carbocycles. The molecule has 2 N–H and O–H groups in total. The third-order valence-corrected chi connectivity index (χ3v) is 2.46. The van der Waals surface area contributed by atoms with Crippen molar-refractivity contribution in [2.45, 2.75) is 32.6 Å². The fourth-order valence-electron chi connectivity index (χ4n) is 1.53. The molecule has 6 heteroatoms. The SMILES string of the molecule is COC(=O)CCCCC(=O)c1[nH]c(=O)[nH]c1C. The Labute approximate surface area is 98.4 Å². The summed E-state index contributed by atoms with van der Waals surface area (Å²) in [7, 11) is 1.33. The van der Waals surface area contributed by atoms with Gasteiger partial charge < -0.3 is 14.7 Å². The van der Waals surface area contributed by atoms with E-state index in [1.807, 2.05) is 0 Å². The number of imidazole rings is 1. The number of carbonyl (C=O) groups excluding carboxylic acids is 2. The highest BCUT2D eigenvalue weighted by Gasteiger charge is 2.12. The maximum Gasteiger partial charge on any atom is 0.323 e. The number of unbranched alkanes of at least 4 members (excludes halogenated alkanes) is 1. The summed E-state index contributed by atoms with van der Waals surface area (Å²) in [5, 5.41) is 0. The summed E-state index contributed by atoms with van der Waals surface area (Å²) in [4.78, 5) is 38.4. The highest BCUT2D eigenvalue weighted by molar-refractivity contribution is 5.95. The summed E-state index contributed by atoms with van der Waals surface area (Å²) in [6, 6.07) is 0. The third-order valence-electron chi connectivity index (χ3n) is 2.46. The largest absolute Gasteiger partial charge is 0.469 e. The van der Waals surface area contributed by atoms with Gasteiger partial charge in [-0.2, -0.15) is 0 Å². The third kappa shape index (κ3) is 3.90. The van der Waals surface area contributed by atoms with E-state index in [1.165, 1.54) is 7.11 Å². The quantitative estimate of drug-likeness (QED) is 0.439. The molecule has 94 valence electrons. The number of aromatic amines is 2. The molecular formula is C11H16N2O4. The Morgan fingerprint density at radius 3 is 2.35 bits per heavy atom. The van der Waals surface area contributed by atoms with Crippen molar-refractivity contribution in [2.24, 2.45) is 0 Å². The second kappa shape index (κ2) is 6.03. The number of hydrogen-bond donors (Lipinski definition) is 2. The van der Waals surface area contributed by atoms with E-state index in [9.17, 15) is 14.4 Å². The van der Waals surface area contributed by atoms with Crippen LogP contribution < -0.4 is 5.69 Å². The lowest BCUT2D eigenvalue weighted by atomic mass is 10.1. The molecule has 17 heavy (non-hydrogen) atoms. The predicted molar refractivity (Wildman–Crippen MR) is 61.0 cm³/mol. The first-order valence-electron chi connectivity index (χ1n) is 5.43. The van der Waals surface area contributed by atoms with E-state index in [0.717, 1.165) is 0 Å². The first-order valence-corrected chi connectivity index (χ1v) is 5.43. The van der Waals surface area contributed by atoms with E-state index < -0.39 is 0 Å². The lowest BCUT2D eigenvalue weighted by Crippen LogP contribution is -2.06. The van der Waals surface area contributed by atoms with E-state index in [1.54, 1.807) is 6.92 Å². The molecule has 0 saturated heterocycles. The van der Waals surface area contributed by atoms with E-state index in [0.29, 0.717) is 37.1 Å². The second-order valence-corrected chi connectivity index (χ2v) is 3.79. The van der Waals surface area contributed by atoms with Crippen LogP contribution in [0.3, 0.4) is 0 Å². The van der Waals surface area contributed by atoms with Crippen LogP contribution in [0.25, 0.3) is 0 Å². The Balaban J connectivity index is 2.38. The van der Waals surface area contributed by atoms with Crippen LogP contribution in [0.1, 0.15) is 41.9 Å². The van der Waals surface area contributed by atoms with Gasteiger partial charge in [0.05, 0.1) is 7.11 Å². The number of nitrogens with one attached hydrogen (secondary N) is 2. The molecule has 1 aromatic heterocycles. The van der Waals surface area contributed by atoms with Gasteiger partial charge in [0.1, 0.15) is 5.69 Å². The van der Waals surface area contributed by atoms with Crippen LogP contribution in [0.2, 0.25) is 0 Å². The molecule has 0 aliphatic rings. The van der Waals surface area contributed by atoms with Gasteiger partial charge >= 0.3 is 11.7 Å². The summed E-state index contributed by atoms with van der Waals surface area (Å²) in [6.07, 6.45) is 1.82. The van der Waals surface area contributed by atoms with Crippen molar-refractivity contribution >= 4 is 11.8 Å². The van der Waals surface area contributed by atoms with Gasteiger partial charge in [-0.3, -0.25) is 9.59 Å². The number of carbonyl (C=O) groups is 2. The maximum atomic E-state index is 11.7. The van der Waals surface area contributed by atoms with Gasteiger partial charge in [0.15, 0.2) is 5.78 Å². The molecular weight excluding hydrogens is 224 g/mol. The zero-order chi connectivity index (χ0) is 12.8. The molecule has 1 rings (SSSR count). The van der Waals surface area contributed by atoms with E-state index in [4.69, 9.17) is 0 Å². The van der Waals surface area contributed by atoms with E-state index >= 15 is 0 Å². The summed E-state index contributed by atoms with van der Waals surface area (Å²) in [5.41, 5.74) is 0.501. The van der Waals surface area contributed by atoms with Gasteiger partial charge in [0, 0.05) is 18.5 Å². The summed E-state index contributed by atoms with van der Waals surface area (Å²) >= 11 is 0. The van der Waals surface area contributed by atoms with Gasteiger partial charge in [-0.05, 0) is 19.8 Å². The molecule has 0 aliphatic carbocycles. The molecule has 0 spiro atoms. The van der Waals surface area contributed by atoms with Crippen molar-refractivity contribution < 1.29 is 14.3 Å². The Morgan fingerprint density at radius 1 is 1.18 bits per heavy atom. The monoisotopic (exact) mass is 240 g/mol. The lowest BCUT2D eigenvalue weighted by molar-refractivity contribution is -0.140. The van der Waals surface area contributed by atoms with Crippen molar-refractivity contribution in [2.75, 3.05) is 7.11 Å². The average molecular weight is 240 g/mol. The predicted octanol–water partition coefficient (Wildman–Crippen LogP) is 0.928. The van der Waals surface area contributed by atoms with Crippen LogP contribution in [0.15, 0.2) is 4.79 Å². The van der Waals surface area contributed by atoms with Crippen molar-refractivity contribution in [1.29, 1.82) is 0 Å². The number of methoxy groups -OCH3 is 1. The molecule has 0 aliphatic heterocycles. The Hall–Kier alpha value is -1.85. The second-order valence-electron chi connectivity index (χ2n) is 3.79. The van der Waals surface area contributed by atoms with Gasteiger partial charge in [0.25, 0.3) is 0 Å². The van der Waals surface area contributed by atoms with E-state index in [2.05, 4.69) is 14.7 Å². The molecule has 1 heterocycles. The molecule has 1 aromatic rings. The number of aromatic nitrogens is 2.